The molecule has 7 heteroatoms. The average molecular weight is 362 g/mol. The van der Waals surface area contributed by atoms with Gasteiger partial charge in [-0.1, -0.05) is 41.9 Å². The highest BCUT2D eigenvalue weighted by atomic mass is 35.5. The second-order valence-electron chi connectivity index (χ2n) is 5.75. The van der Waals surface area contributed by atoms with Gasteiger partial charge in [0.2, 0.25) is 0 Å². The Morgan fingerprint density at radius 2 is 2.08 bits per heavy atom. The van der Waals surface area contributed by atoms with E-state index < -0.39 is 6.16 Å². The molecule has 1 aliphatic rings. The molecule has 0 radical (unpaired) electrons. The molecule has 1 fully saturated rings. The van der Waals surface area contributed by atoms with Crippen LogP contribution in [-0.4, -0.2) is 28.9 Å². The number of piperidine rings is 1. The minimum Gasteiger partial charge on any atom is -0.428 e. The number of carbonyl (C=O) groups is 1. The zero-order valence-corrected chi connectivity index (χ0v) is 14.5. The molecular weight excluding hydrogens is 342 g/mol. The van der Waals surface area contributed by atoms with Gasteiger partial charge in [-0.05, 0) is 37.0 Å². The van der Waals surface area contributed by atoms with Crippen molar-refractivity contribution in [2.24, 2.45) is 0 Å². The Balaban J connectivity index is 1.55. The fourth-order valence-corrected chi connectivity index (χ4v) is 2.84. The van der Waals surface area contributed by atoms with Gasteiger partial charge < -0.3 is 14.9 Å². The number of anilines is 1. The summed E-state index contributed by atoms with van der Waals surface area (Å²) >= 11 is 6.09. The Morgan fingerprint density at radius 1 is 1.24 bits per heavy atom. The van der Waals surface area contributed by atoms with Gasteiger partial charge in [0.05, 0.1) is 5.69 Å². The Kier molecular flexibility index (Phi) is 6.09. The predicted octanol–water partition coefficient (Wildman–Crippen LogP) is 4.23. The van der Waals surface area contributed by atoms with E-state index in [-0.39, 0.29) is 12.8 Å². The summed E-state index contributed by atoms with van der Waals surface area (Å²) in [6, 6.07) is 13.1. The first kappa shape index (κ1) is 17.5. The first-order chi connectivity index (χ1) is 12.2. The van der Waals surface area contributed by atoms with Crippen molar-refractivity contribution in [2.75, 3.05) is 11.9 Å². The zero-order chi connectivity index (χ0) is 17.5. The summed E-state index contributed by atoms with van der Waals surface area (Å²) in [6.45, 7) is 0.816. The van der Waals surface area contributed by atoms with Crippen molar-refractivity contribution < 1.29 is 14.4 Å². The summed E-state index contributed by atoms with van der Waals surface area (Å²) in [6.07, 6.45) is 3.56. The van der Waals surface area contributed by atoms with Gasteiger partial charge in [-0.3, -0.25) is 0 Å². The van der Waals surface area contributed by atoms with Gasteiger partial charge in [-0.15, -0.1) is 5.06 Å². The molecule has 1 aromatic carbocycles. The van der Waals surface area contributed by atoms with Gasteiger partial charge in [0, 0.05) is 12.7 Å². The molecule has 132 valence electrons. The molecule has 1 unspecified atom stereocenters. The van der Waals surface area contributed by atoms with Crippen LogP contribution in [0, 0.1) is 0 Å². The highest BCUT2D eigenvalue weighted by molar-refractivity contribution is 6.31. The van der Waals surface area contributed by atoms with Crippen LogP contribution in [0.3, 0.4) is 0 Å². The predicted molar refractivity (Wildman–Crippen MR) is 94.9 cm³/mol. The Hall–Kier alpha value is -2.31. The molecule has 6 nitrogen and oxygen atoms in total. The molecular formula is C18H20ClN3O3. The second kappa shape index (κ2) is 8.69. The number of nitrogens with zero attached hydrogens (tertiary/aromatic N) is 2. The topological polar surface area (TPSA) is 63.7 Å². The van der Waals surface area contributed by atoms with Crippen LogP contribution >= 0.6 is 11.6 Å². The van der Waals surface area contributed by atoms with Gasteiger partial charge >= 0.3 is 6.16 Å². The van der Waals surface area contributed by atoms with Gasteiger partial charge in [-0.25, -0.2) is 9.78 Å². The van der Waals surface area contributed by atoms with E-state index in [0.717, 1.165) is 24.8 Å². The molecule has 0 amide bonds. The highest BCUT2D eigenvalue weighted by Gasteiger charge is 2.27. The molecule has 1 aliphatic heterocycles. The fraction of sp³-hybridized carbons (Fsp3) is 0.333. The lowest BCUT2D eigenvalue weighted by atomic mass is 10.1. The lowest BCUT2D eigenvalue weighted by Crippen LogP contribution is -2.45. The number of hydrogen-bond donors (Lipinski definition) is 1. The molecule has 0 spiro atoms. The third-order valence-corrected chi connectivity index (χ3v) is 4.23. The lowest BCUT2D eigenvalue weighted by Gasteiger charge is -2.34. The molecule has 1 N–H and O–H groups in total. The molecule has 1 aromatic heterocycles. The maximum atomic E-state index is 12.0. The number of hydroxylamine groups is 2. The SMILES string of the molecule is O=C(OCc1ccccc1)ON1CCCCC1Nc1cccnc1Cl. The van der Waals surface area contributed by atoms with E-state index in [4.69, 9.17) is 21.2 Å². The van der Waals surface area contributed by atoms with Crippen molar-refractivity contribution in [1.29, 1.82) is 0 Å². The number of carbonyl (C=O) groups excluding carboxylic acids is 1. The average Bonchev–Trinajstić information content (AvgIpc) is 2.64. The van der Waals surface area contributed by atoms with Crippen LogP contribution in [0.2, 0.25) is 5.15 Å². The van der Waals surface area contributed by atoms with E-state index in [9.17, 15) is 4.79 Å². The van der Waals surface area contributed by atoms with Crippen LogP contribution in [0.4, 0.5) is 10.5 Å². The standard InChI is InChI=1S/C18H20ClN3O3/c19-17-15(9-6-11-20-17)21-16-10-4-5-12-22(16)25-18(23)24-13-14-7-2-1-3-8-14/h1-3,6-9,11,16,21H,4-5,10,12-13H2. The Morgan fingerprint density at radius 3 is 2.88 bits per heavy atom. The van der Waals surface area contributed by atoms with Crippen molar-refractivity contribution in [1.82, 2.24) is 10.0 Å². The summed E-state index contributed by atoms with van der Waals surface area (Å²) in [7, 11) is 0. The van der Waals surface area contributed by atoms with Crippen molar-refractivity contribution in [3.8, 4) is 0 Å². The summed E-state index contributed by atoms with van der Waals surface area (Å²) in [5, 5.41) is 5.28. The molecule has 1 atom stereocenters. The van der Waals surface area contributed by atoms with Gasteiger partial charge in [0.25, 0.3) is 0 Å². The third kappa shape index (κ3) is 5.08. The number of nitrogens with one attached hydrogen (secondary N) is 1. The largest absolute Gasteiger partial charge is 0.528 e. The number of aromatic nitrogens is 1. The van der Waals surface area contributed by atoms with E-state index >= 15 is 0 Å². The van der Waals surface area contributed by atoms with Crippen molar-refractivity contribution in [3.05, 3.63) is 59.4 Å². The summed E-state index contributed by atoms with van der Waals surface area (Å²) in [5.41, 5.74) is 1.62. The van der Waals surface area contributed by atoms with E-state index in [2.05, 4.69) is 10.3 Å². The molecule has 2 aromatic rings. The van der Waals surface area contributed by atoms with Gasteiger partial charge in [-0.2, -0.15) is 0 Å². The lowest BCUT2D eigenvalue weighted by molar-refractivity contribution is -0.161. The fourth-order valence-electron chi connectivity index (χ4n) is 2.67. The molecule has 0 bridgehead atoms. The molecule has 1 saturated heterocycles. The van der Waals surface area contributed by atoms with Crippen molar-refractivity contribution >= 4 is 23.4 Å². The van der Waals surface area contributed by atoms with Crippen LogP contribution < -0.4 is 5.32 Å². The van der Waals surface area contributed by atoms with Crippen LogP contribution in [-0.2, 0) is 16.2 Å². The van der Waals surface area contributed by atoms with E-state index in [0.29, 0.717) is 17.4 Å². The minimum atomic E-state index is -0.713. The molecule has 0 aliphatic carbocycles. The number of rotatable bonds is 5. The normalized spacial score (nSPS) is 17.7. The summed E-state index contributed by atoms with van der Waals surface area (Å²) in [5.74, 6) is 0. The molecule has 2 heterocycles. The molecule has 0 saturated carbocycles. The Labute approximate surface area is 151 Å². The summed E-state index contributed by atoms with van der Waals surface area (Å²) < 4.78 is 5.18. The van der Waals surface area contributed by atoms with Crippen LogP contribution in [0.5, 0.6) is 0 Å². The molecule has 3 rings (SSSR count). The number of halogens is 1. The van der Waals surface area contributed by atoms with Gasteiger partial charge in [0.1, 0.15) is 12.8 Å². The van der Waals surface area contributed by atoms with Crippen LogP contribution in [0.1, 0.15) is 24.8 Å². The number of benzene rings is 1. The first-order valence-electron chi connectivity index (χ1n) is 8.25. The number of hydrogen-bond acceptors (Lipinski definition) is 6. The van der Waals surface area contributed by atoms with Crippen molar-refractivity contribution in [2.45, 2.75) is 32.0 Å². The second-order valence-corrected chi connectivity index (χ2v) is 6.11. The maximum Gasteiger partial charge on any atom is 0.528 e. The minimum absolute atomic E-state index is 0.167. The first-order valence-corrected chi connectivity index (χ1v) is 8.62. The van der Waals surface area contributed by atoms with E-state index in [1.165, 1.54) is 0 Å². The number of ether oxygens (including phenoxy) is 1. The van der Waals surface area contributed by atoms with Gasteiger partial charge in [0.15, 0.2) is 5.15 Å². The zero-order valence-electron chi connectivity index (χ0n) is 13.7. The molecule has 25 heavy (non-hydrogen) atoms. The van der Waals surface area contributed by atoms with Crippen LogP contribution in [0.25, 0.3) is 0 Å². The van der Waals surface area contributed by atoms with E-state index in [1.807, 2.05) is 36.4 Å². The summed E-state index contributed by atoms with van der Waals surface area (Å²) in [4.78, 5) is 21.4. The maximum absolute atomic E-state index is 12.0. The quantitative estimate of drug-likeness (QED) is 0.635. The third-order valence-electron chi connectivity index (χ3n) is 3.93. The van der Waals surface area contributed by atoms with Crippen molar-refractivity contribution in [3.63, 3.8) is 0 Å². The highest BCUT2D eigenvalue weighted by Crippen LogP contribution is 2.24. The number of pyridine rings is 1. The smallest absolute Gasteiger partial charge is 0.428 e. The van der Waals surface area contributed by atoms with E-state index in [1.54, 1.807) is 17.3 Å². The Bertz CT molecular complexity index is 699. The van der Waals surface area contributed by atoms with Crippen LogP contribution in [0.15, 0.2) is 48.7 Å². The monoisotopic (exact) mass is 361 g/mol.